The molecule has 80 valence electrons. The zero-order valence-corrected chi connectivity index (χ0v) is 9.59. The monoisotopic (exact) mass is 320 g/mol. The van der Waals surface area contributed by atoms with Crippen LogP contribution in [0.4, 0.5) is 0 Å². The molecule has 0 fully saturated rings. The fourth-order valence-corrected chi connectivity index (χ4v) is 2.57. The Morgan fingerprint density at radius 2 is 2.20 bits per heavy atom. The summed E-state index contributed by atoms with van der Waals surface area (Å²) in [6.45, 7) is 0. The van der Waals surface area contributed by atoms with E-state index in [1.807, 2.05) is 0 Å². The fraction of sp³-hybridized carbons (Fsp3) is 0. The fourth-order valence-electron chi connectivity index (χ4n) is 1.21. The second-order valence-corrected chi connectivity index (χ2v) is 5.48. The Bertz CT molecular complexity index is 537. The molecule has 1 aromatic carbocycles. The molecule has 5 nitrogen and oxygen atoms in total. The third kappa shape index (κ3) is 2.34. The normalized spacial score (nSPS) is 13.2. The quantitative estimate of drug-likeness (QED) is 0.346. The van der Waals surface area contributed by atoms with Gasteiger partial charge in [-0.3, -0.25) is 0 Å². The summed E-state index contributed by atoms with van der Waals surface area (Å²) in [6.07, 6.45) is 1.33. The number of benzene rings is 1. The van der Waals surface area contributed by atoms with Crippen molar-refractivity contribution >= 4 is 11.0 Å². The van der Waals surface area contributed by atoms with E-state index in [0.717, 1.165) is 0 Å². The van der Waals surface area contributed by atoms with Crippen molar-refractivity contribution in [3.8, 4) is 0 Å². The van der Waals surface area contributed by atoms with Crippen LogP contribution in [0, 0.1) is 8.78 Å². The third-order valence-electron chi connectivity index (χ3n) is 1.81. The molecule has 6 heteroatoms. The van der Waals surface area contributed by atoms with Crippen molar-refractivity contribution in [1.82, 2.24) is 0 Å². The van der Waals surface area contributed by atoms with Crippen molar-refractivity contribution in [2.75, 3.05) is 0 Å². The topological polar surface area (TPSA) is 77.9 Å². The van der Waals surface area contributed by atoms with E-state index in [4.69, 9.17) is 9.62 Å². The van der Waals surface area contributed by atoms with Gasteiger partial charge in [-0.25, -0.2) is 0 Å². The van der Waals surface area contributed by atoms with E-state index < -0.39 is 24.9 Å². The first-order valence-electron chi connectivity index (χ1n) is 4.06. The van der Waals surface area contributed by atoms with Crippen molar-refractivity contribution in [2.24, 2.45) is 0 Å². The van der Waals surface area contributed by atoms with Gasteiger partial charge in [-0.15, -0.1) is 0 Å². The molecule has 0 radical (unpaired) electrons. The average molecular weight is 320 g/mol. The molecule has 2 N–H and O–H groups in total. The maximum atomic E-state index is 11.4. The van der Waals surface area contributed by atoms with Gasteiger partial charge in [0.1, 0.15) is 0 Å². The van der Waals surface area contributed by atoms with Crippen molar-refractivity contribution in [1.29, 1.82) is 0 Å². The van der Waals surface area contributed by atoms with Gasteiger partial charge in [0, 0.05) is 0 Å². The molecule has 1 atom stereocenters. The molecule has 0 saturated heterocycles. The van der Waals surface area contributed by atoms with Gasteiger partial charge >= 0.3 is 95.0 Å². The minimum atomic E-state index is -1.08. The number of halogens is 1. The molecule has 2 rings (SSSR count). The van der Waals surface area contributed by atoms with Crippen LogP contribution in [0.25, 0.3) is 11.0 Å². The number of hydrogen-bond acceptors (Lipinski definition) is 4. The Hall–Kier alpha value is -0.960. The number of nitrogens with one attached hydrogen (secondary N) is 1. The van der Waals surface area contributed by atoms with Gasteiger partial charge < -0.3 is 0 Å². The van der Waals surface area contributed by atoms with Crippen LogP contribution in [-0.4, -0.2) is 5.21 Å². The summed E-state index contributed by atoms with van der Waals surface area (Å²) < 4.78 is 5.01. The maximum absolute atomic E-state index is 11.4. The Morgan fingerprint density at radius 3 is 2.93 bits per heavy atom. The molecular formula is C9H7INO4-. The van der Waals surface area contributed by atoms with Gasteiger partial charge in [0.25, 0.3) is 0 Å². The molecular weight excluding hydrogens is 313 g/mol. The molecule has 0 aliphatic heterocycles. The summed E-state index contributed by atoms with van der Waals surface area (Å²) in [4.78, 5) is 11.4. The van der Waals surface area contributed by atoms with E-state index >= 15 is 0 Å². The van der Waals surface area contributed by atoms with Crippen LogP contribution in [-0.2, 0) is 0 Å². The number of fused-ring (bicyclic) bond motifs is 1. The Labute approximate surface area is 95.1 Å². The number of rotatable bonds is 2. The van der Waals surface area contributed by atoms with Crippen molar-refractivity contribution < 1.29 is 34.5 Å². The summed E-state index contributed by atoms with van der Waals surface area (Å²) in [5.74, 6) is 0. The summed E-state index contributed by atoms with van der Waals surface area (Å²) in [5.41, 5.74) is 0.341. The van der Waals surface area contributed by atoms with E-state index in [1.165, 1.54) is 12.3 Å². The second kappa shape index (κ2) is 4.27. The predicted molar refractivity (Wildman–Crippen MR) is 47.3 cm³/mol. The van der Waals surface area contributed by atoms with E-state index in [9.17, 15) is 10.0 Å². The molecule has 0 spiro atoms. The Balaban J connectivity index is 2.55. The summed E-state index contributed by atoms with van der Waals surface area (Å²) in [5, 5.41) is 19.6. The molecule has 15 heavy (non-hydrogen) atoms. The van der Waals surface area contributed by atoms with Crippen LogP contribution < -0.4 is 30.3 Å². The first kappa shape index (κ1) is 10.6. The van der Waals surface area contributed by atoms with Gasteiger partial charge in [0.2, 0.25) is 0 Å². The van der Waals surface area contributed by atoms with Gasteiger partial charge in [-0.1, -0.05) is 0 Å². The first-order chi connectivity index (χ1) is 7.16. The van der Waals surface area contributed by atoms with Gasteiger partial charge in [0.15, 0.2) is 0 Å². The molecule has 1 unspecified atom stereocenters. The van der Waals surface area contributed by atoms with Crippen LogP contribution >= 0.6 is 0 Å². The van der Waals surface area contributed by atoms with Crippen LogP contribution in [0.2, 0.25) is 0 Å². The molecule has 2 aromatic rings. The average Bonchev–Trinajstić information content (AvgIpc) is 2.18. The molecule has 0 bridgehead atoms. The van der Waals surface area contributed by atoms with E-state index in [1.54, 1.807) is 18.2 Å². The van der Waals surface area contributed by atoms with Crippen molar-refractivity contribution in [2.45, 2.75) is 0 Å². The minimum absolute atomic E-state index is 0.146. The van der Waals surface area contributed by atoms with Crippen LogP contribution in [0.5, 0.6) is 0 Å². The van der Waals surface area contributed by atoms with Gasteiger partial charge in [-0.05, 0) is 0 Å². The standard InChI is InChI=1S/C9H7INO4/c12-8-3-4-15-9-2-1-6(5-7(8)9)10-11(13)14/h1-5,11,13H/q-1. The van der Waals surface area contributed by atoms with Crippen molar-refractivity contribution in [3.63, 3.8) is 0 Å². The molecule has 1 heterocycles. The van der Waals surface area contributed by atoms with Crippen LogP contribution in [0.3, 0.4) is 0 Å². The van der Waals surface area contributed by atoms with Crippen LogP contribution in [0.15, 0.2) is 39.7 Å². The van der Waals surface area contributed by atoms with E-state index in [0.29, 0.717) is 14.5 Å². The Morgan fingerprint density at radius 1 is 1.40 bits per heavy atom. The van der Waals surface area contributed by atoms with Gasteiger partial charge in [-0.2, -0.15) is 0 Å². The molecule has 0 aliphatic rings. The summed E-state index contributed by atoms with van der Waals surface area (Å²) in [7, 11) is 0. The molecule has 0 aliphatic carbocycles. The summed E-state index contributed by atoms with van der Waals surface area (Å²) >= 11 is -1.08. The van der Waals surface area contributed by atoms with Gasteiger partial charge in [0.05, 0.1) is 0 Å². The number of hydrogen-bond donors (Lipinski definition) is 2. The molecule has 0 saturated carbocycles. The van der Waals surface area contributed by atoms with Crippen LogP contribution in [0.1, 0.15) is 0 Å². The van der Waals surface area contributed by atoms with E-state index in [-0.39, 0.29) is 5.43 Å². The molecule has 0 amide bonds. The SMILES string of the molecule is O=c1ccoc2ccc([I-][NH+]([O-])O)cc12. The molecule has 1 aromatic heterocycles. The zero-order chi connectivity index (χ0) is 10.8. The third-order valence-corrected chi connectivity index (χ3v) is 3.57. The number of quaternary nitrogens is 1. The van der Waals surface area contributed by atoms with E-state index in [2.05, 4.69) is 0 Å². The predicted octanol–water partition coefficient (Wildman–Crippen LogP) is -3.26. The van der Waals surface area contributed by atoms with Crippen molar-refractivity contribution in [3.05, 3.63) is 49.5 Å². The second-order valence-electron chi connectivity index (χ2n) is 2.77. The Kier molecular flexibility index (Phi) is 3.00. The first-order valence-corrected chi connectivity index (χ1v) is 6.22. The zero-order valence-electron chi connectivity index (χ0n) is 7.44. The summed E-state index contributed by atoms with van der Waals surface area (Å²) in [6, 6.07) is 6.25.